The number of carboxylic acids is 1. The molecule has 0 heterocycles. The Morgan fingerprint density at radius 2 is 1.73 bits per heavy atom. The van der Waals surface area contributed by atoms with E-state index in [-0.39, 0.29) is 6.54 Å². The summed E-state index contributed by atoms with van der Waals surface area (Å²) in [6, 6.07) is -0.522. The lowest BCUT2D eigenvalue weighted by molar-refractivity contribution is -0.137. The van der Waals surface area contributed by atoms with Crippen molar-refractivity contribution in [3.05, 3.63) is 0 Å². The van der Waals surface area contributed by atoms with Crippen LogP contribution in [0.3, 0.4) is 0 Å². The molecule has 0 aromatic rings. The molecule has 3 amide bonds. The van der Waals surface area contributed by atoms with Crippen molar-refractivity contribution >= 4 is 17.9 Å². The largest absolute Gasteiger partial charge is 0.480 e. The zero-order chi connectivity index (χ0) is 11.7. The van der Waals surface area contributed by atoms with Crippen LogP contribution in [0, 0.1) is 0 Å². The number of carboxylic acid groups (broad SMARTS) is 1. The minimum Gasteiger partial charge on any atom is -0.480 e. The third-order valence-corrected chi connectivity index (χ3v) is 1.28. The third kappa shape index (κ3) is 8.50. The molecule has 0 spiro atoms. The number of nitrogens with one attached hydrogen (secondary N) is 3. The Kier molecular flexibility index (Phi) is 6.64. The zero-order valence-corrected chi connectivity index (χ0v) is 8.08. The Morgan fingerprint density at radius 3 is 2.27 bits per heavy atom. The maximum Gasteiger partial charge on any atom is 0.322 e. The number of carbonyl (C=O) groups excluding carboxylic acids is 2. The number of hydrogen-bond acceptors (Lipinski definition) is 4. The van der Waals surface area contributed by atoms with Crippen LogP contribution in [-0.4, -0.2) is 49.2 Å². The first-order chi connectivity index (χ1) is 7.06. The number of amides is 3. The fraction of sp³-hybridized carbons (Fsp3) is 0.571. The van der Waals surface area contributed by atoms with Gasteiger partial charge in [-0.3, -0.25) is 9.59 Å². The van der Waals surface area contributed by atoms with E-state index >= 15 is 0 Å². The molecule has 0 radical (unpaired) electrons. The maximum absolute atomic E-state index is 10.9. The smallest absolute Gasteiger partial charge is 0.322 e. The van der Waals surface area contributed by atoms with Gasteiger partial charge in [0.15, 0.2) is 0 Å². The first kappa shape index (κ1) is 13.2. The highest BCUT2D eigenvalue weighted by Crippen LogP contribution is 1.68. The summed E-state index contributed by atoms with van der Waals surface area (Å²) in [5, 5.41) is 14.9. The summed E-state index contributed by atoms with van der Waals surface area (Å²) in [7, 11) is 0. The minimum atomic E-state index is -1.14. The lowest BCUT2D eigenvalue weighted by Gasteiger charge is -2.06. The van der Waals surface area contributed by atoms with Gasteiger partial charge in [-0.2, -0.15) is 0 Å². The van der Waals surface area contributed by atoms with E-state index in [0.29, 0.717) is 13.1 Å². The fourth-order valence-electron chi connectivity index (χ4n) is 0.645. The van der Waals surface area contributed by atoms with Gasteiger partial charge in [-0.1, -0.05) is 0 Å². The Balaban J connectivity index is 3.53. The summed E-state index contributed by atoms with van der Waals surface area (Å²) in [5.74, 6) is -1.71. The molecule has 0 rings (SSSR count). The van der Waals surface area contributed by atoms with E-state index in [2.05, 4.69) is 16.0 Å². The maximum atomic E-state index is 10.9. The molecule has 0 atom stereocenters. The lowest BCUT2D eigenvalue weighted by Crippen LogP contribution is -2.44. The van der Waals surface area contributed by atoms with Crippen LogP contribution < -0.4 is 21.7 Å². The van der Waals surface area contributed by atoms with Gasteiger partial charge in [0.2, 0.25) is 5.91 Å². The van der Waals surface area contributed by atoms with E-state index in [1.54, 1.807) is 0 Å². The van der Waals surface area contributed by atoms with Gasteiger partial charge in [0.05, 0.1) is 6.54 Å². The molecule has 0 bridgehead atoms. The van der Waals surface area contributed by atoms with Gasteiger partial charge in [0.1, 0.15) is 6.54 Å². The second-order valence-electron chi connectivity index (χ2n) is 2.57. The Morgan fingerprint density at radius 1 is 1.07 bits per heavy atom. The molecule has 86 valence electrons. The van der Waals surface area contributed by atoms with E-state index in [9.17, 15) is 14.4 Å². The summed E-state index contributed by atoms with van der Waals surface area (Å²) < 4.78 is 0. The number of hydrogen-bond donors (Lipinski definition) is 5. The van der Waals surface area contributed by atoms with Gasteiger partial charge in [0, 0.05) is 13.1 Å². The molecule has 15 heavy (non-hydrogen) atoms. The van der Waals surface area contributed by atoms with Crippen molar-refractivity contribution in [2.45, 2.75) is 0 Å². The molecular formula is C7H14N4O4. The monoisotopic (exact) mass is 218 g/mol. The van der Waals surface area contributed by atoms with E-state index in [1.807, 2.05) is 0 Å². The second kappa shape index (κ2) is 7.56. The van der Waals surface area contributed by atoms with Gasteiger partial charge in [-0.25, -0.2) is 4.79 Å². The van der Waals surface area contributed by atoms with Crippen LogP contribution >= 0.6 is 0 Å². The molecule has 0 saturated heterocycles. The molecule has 6 N–H and O–H groups in total. The highest BCUT2D eigenvalue weighted by atomic mass is 16.4. The van der Waals surface area contributed by atoms with E-state index in [1.165, 1.54) is 0 Å². The number of carbonyl (C=O) groups is 3. The second-order valence-corrected chi connectivity index (χ2v) is 2.57. The third-order valence-electron chi connectivity index (χ3n) is 1.28. The summed E-state index contributed by atoms with van der Waals surface area (Å²) in [6.45, 7) is -0.129. The predicted molar refractivity (Wildman–Crippen MR) is 51.1 cm³/mol. The summed E-state index contributed by atoms with van der Waals surface area (Å²) in [6.07, 6.45) is 0. The van der Waals surface area contributed by atoms with E-state index in [0.717, 1.165) is 0 Å². The molecule has 0 fully saturated rings. The number of nitrogens with two attached hydrogens (primary N) is 1. The highest BCUT2D eigenvalue weighted by molar-refractivity contribution is 5.86. The molecular weight excluding hydrogens is 204 g/mol. The van der Waals surface area contributed by atoms with Crippen molar-refractivity contribution in [2.75, 3.05) is 26.2 Å². The molecule has 0 aliphatic carbocycles. The fourth-order valence-corrected chi connectivity index (χ4v) is 0.645. The molecule has 8 heteroatoms. The molecule has 0 aliphatic rings. The SMILES string of the molecule is NCCNC(=O)NCC(=O)NCC(=O)O. The topological polar surface area (TPSA) is 134 Å². The van der Waals surface area contributed by atoms with Crippen LogP contribution in [0.15, 0.2) is 0 Å². The van der Waals surface area contributed by atoms with Crippen molar-refractivity contribution in [2.24, 2.45) is 5.73 Å². The molecule has 0 aromatic heterocycles. The number of aliphatic carboxylic acids is 1. The van der Waals surface area contributed by atoms with Crippen molar-refractivity contribution < 1.29 is 19.5 Å². The van der Waals surface area contributed by atoms with Gasteiger partial charge in [-0.05, 0) is 0 Å². The van der Waals surface area contributed by atoms with Gasteiger partial charge in [-0.15, -0.1) is 0 Å². The van der Waals surface area contributed by atoms with Crippen LogP contribution in [0.1, 0.15) is 0 Å². The molecule has 0 aliphatic heterocycles. The van der Waals surface area contributed by atoms with Gasteiger partial charge < -0.3 is 26.8 Å². The van der Waals surface area contributed by atoms with Crippen molar-refractivity contribution in [1.29, 1.82) is 0 Å². The Hall–Kier alpha value is -1.83. The Bertz CT molecular complexity index is 243. The molecule has 8 nitrogen and oxygen atoms in total. The minimum absolute atomic E-state index is 0.274. The van der Waals surface area contributed by atoms with Crippen LogP contribution in [0.4, 0.5) is 4.79 Å². The van der Waals surface area contributed by atoms with E-state index in [4.69, 9.17) is 10.8 Å². The molecule has 0 aromatic carbocycles. The van der Waals surface area contributed by atoms with Crippen LogP contribution in [-0.2, 0) is 9.59 Å². The standard InChI is InChI=1S/C7H14N4O4/c8-1-2-9-7(15)11-3-5(12)10-4-6(13)14/h1-4,8H2,(H,10,12)(H,13,14)(H2,9,11,15). The summed E-state index contributed by atoms with van der Waals surface area (Å²) in [4.78, 5) is 31.8. The first-order valence-electron chi connectivity index (χ1n) is 4.26. The average Bonchev–Trinajstić information content (AvgIpc) is 2.20. The first-order valence-corrected chi connectivity index (χ1v) is 4.26. The van der Waals surface area contributed by atoms with Crippen molar-refractivity contribution in [3.63, 3.8) is 0 Å². The quantitative estimate of drug-likeness (QED) is 0.334. The molecule has 0 saturated carbocycles. The summed E-state index contributed by atoms with van der Waals surface area (Å²) in [5.41, 5.74) is 5.13. The average molecular weight is 218 g/mol. The zero-order valence-electron chi connectivity index (χ0n) is 8.08. The van der Waals surface area contributed by atoms with Crippen molar-refractivity contribution in [3.8, 4) is 0 Å². The van der Waals surface area contributed by atoms with Crippen molar-refractivity contribution in [1.82, 2.24) is 16.0 Å². The number of urea groups is 1. The predicted octanol–water partition coefficient (Wildman–Crippen LogP) is -2.55. The van der Waals surface area contributed by atoms with Crippen LogP contribution in [0.25, 0.3) is 0 Å². The summed E-state index contributed by atoms with van der Waals surface area (Å²) >= 11 is 0. The number of rotatable bonds is 6. The highest BCUT2D eigenvalue weighted by Gasteiger charge is 2.05. The van der Waals surface area contributed by atoms with Gasteiger partial charge >= 0.3 is 12.0 Å². The van der Waals surface area contributed by atoms with Crippen LogP contribution in [0.2, 0.25) is 0 Å². The van der Waals surface area contributed by atoms with Crippen LogP contribution in [0.5, 0.6) is 0 Å². The Labute approximate surface area is 86.2 Å². The normalized spacial score (nSPS) is 9.13. The van der Waals surface area contributed by atoms with E-state index < -0.39 is 24.5 Å². The van der Waals surface area contributed by atoms with Gasteiger partial charge in [0.25, 0.3) is 0 Å². The molecule has 0 unspecified atom stereocenters. The lowest BCUT2D eigenvalue weighted by atomic mass is 10.5.